The van der Waals surface area contributed by atoms with Crippen molar-refractivity contribution in [1.29, 1.82) is 5.41 Å². The molecule has 0 saturated carbocycles. The molecule has 0 fully saturated rings. The van der Waals surface area contributed by atoms with Gasteiger partial charge in [0.2, 0.25) is 0 Å². The summed E-state index contributed by atoms with van der Waals surface area (Å²) in [5, 5.41) is 11.2. The Balaban J connectivity index is 1.76. The summed E-state index contributed by atoms with van der Waals surface area (Å²) < 4.78 is 0. The van der Waals surface area contributed by atoms with Crippen molar-refractivity contribution in [2.45, 2.75) is 24.8 Å². The van der Waals surface area contributed by atoms with Gasteiger partial charge >= 0.3 is 0 Å². The summed E-state index contributed by atoms with van der Waals surface area (Å²) in [6.45, 7) is 3.89. The van der Waals surface area contributed by atoms with Crippen molar-refractivity contribution in [2.24, 2.45) is 4.99 Å². The molecule has 27 heavy (non-hydrogen) atoms. The van der Waals surface area contributed by atoms with Crippen LogP contribution in [0.5, 0.6) is 0 Å². The Morgan fingerprint density at radius 2 is 2.11 bits per heavy atom. The van der Waals surface area contributed by atoms with E-state index in [1.807, 2.05) is 36.8 Å². The predicted octanol–water partition coefficient (Wildman–Crippen LogP) is 4.64. The van der Waals surface area contributed by atoms with Crippen molar-refractivity contribution in [3.05, 3.63) is 102 Å². The Labute approximate surface area is 160 Å². The number of nitrogens with zero attached hydrogens (tertiary/aromatic N) is 2. The lowest BCUT2D eigenvalue weighted by Gasteiger charge is -2.18. The maximum atomic E-state index is 7.79. The first-order valence-electron chi connectivity index (χ1n) is 9.08. The van der Waals surface area contributed by atoms with E-state index in [9.17, 15) is 0 Å². The van der Waals surface area contributed by atoms with Crippen LogP contribution in [0.2, 0.25) is 0 Å². The molecule has 3 rings (SSSR count). The summed E-state index contributed by atoms with van der Waals surface area (Å²) in [5.74, 6) is 0.355. The van der Waals surface area contributed by atoms with Crippen LogP contribution in [0.1, 0.15) is 24.3 Å². The molecule has 4 heteroatoms. The summed E-state index contributed by atoms with van der Waals surface area (Å²) in [6, 6.07) is 4.29. The average molecular weight is 356 g/mol. The van der Waals surface area contributed by atoms with Crippen molar-refractivity contribution in [2.75, 3.05) is 0 Å². The molecule has 0 spiro atoms. The Morgan fingerprint density at radius 3 is 2.81 bits per heavy atom. The molecule has 2 atom stereocenters. The molecule has 0 saturated heterocycles. The molecule has 2 heterocycles. The summed E-state index contributed by atoms with van der Waals surface area (Å²) in [6.07, 6.45) is 24.9. The molecule has 2 N–H and O–H groups in total. The Hall–Kier alpha value is -3.27. The van der Waals surface area contributed by atoms with Crippen molar-refractivity contribution >= 4 is 12.4 Å². The highest BCUT2D eigenvalue weighted by Crippen LogP contribution is 2.27. The van der Waals surface area contributed by atoms with Crippen LogP contribution in [0.3, 0.4) is 0 Å². The van der Waals surface area contributed by atoms with Gasteiger partial charge in [0.25, 0.3) is 0 Å². The van der Waals surface area contributed by atoms with Crippen molar-refractivity contribution in [3.63, 3.8) is 0 Å². The van der Waals surface area contributed by atoms with Gasteiger partial charge in [0.05, 0.1) is 6.04 Å². The molecule has 0 amide bonds. The zero-order valence-electron chi connectivity index (χ0n) is 15.3. The molecule has 1 unspecified atom stereocenters. The van der Waals surface area contributed by atoms with Crippen LogP contribution in [0.25, 0.3) is 0 Å². The van der Waals surface area contributed by atoms with Gasteiger partial charge in [0, 0.05) is 54.6 Å². The molecule has 0 aromatic carbocycles. The minimum Gasteiger partial charge on any atom is -0.378 e. The second-order valence-corrected chi connectivity index (χ2v) is 6.40. The molecule has 1 aliphatic carbocycles. The van der Waals surface area contributed by atoms with Crippen LogP contribution >= 0.6 is 0 Å². The smallest absolute Gasteiger partial charge is 0.0511 e. The molecule has 4 nitrogen and oxygen atoms in total. The number of nitrogens with one attached hydrogen (secondary N) is 2. The van der Waals surface area contributed by atoms with Crippen molar-refractivity contribution in [3.8, 4) is 0 Å². The third kappa shape index (κ3) is 5.11. The monoisotopic (exact) mass is 356 g/mol. The minimum atomic E-state index is 0.170. The van der Waals surface area contributed by atoms with E-state index in [1.165, 1.54) is 11.8 Å². The first kappa shape index (κ1) is 18.5. The van der Waals surface area contributed by atoms with E-state index >= 15 is 0 Å². The van der Waals surface area contributed by atoms with E-state index < -0.39 is 0 Å². The maximum absolute atomic E-state index is 7.79. The summed E-state index contributed by atoms with van der Waals surface area (Å²) in [7, 11) is 0. The zero-order valence-corrected chi connectivity index (χ0v) is 15.3. The third-order valence-corrected chi connectivity index (χ3v) is 4.56. The molecule has 1 aliphatic heterocycles. The Bertz CT molecular complexity index is 854. The number of hydrogen-bond acceptors (Lipinski definition) is 4. The quantitative estimate of drug-likeness (QED) is 0.552. The first-order valence-corrected chi connectivity index (χ1v) is 9.08. The number of hydrogen-bond donors (Lipinski definition) is 2. The zero-order chi connectivity index (χ0) is 18.9. The van der Waals surface area contributed by atoms with Gasteiger partial charge in [-0.05, 0) is 41.8 Å². The molecule has 2 aliphatic rings. The highest BCUT2D eigenvalue weighted by molar-refractivity contribution is 5.82. The maximum Gasteiger partial charge on any atom is 0.0511 e. The lowest BCUT2D eigenvalue weighted by atomic mass is 9.90. The van der Waals surface area contributed by atoms with Gasteiger partial charge in [0.1, 0.15) is 0 Å². The number of pyridine rings is 1. The number of rotatable bonds is 7. The summed E-state index contributed by atoms with van der Waals surface area (Å²) >= 11 is 0. The van der Waals surface area contributed by atoms with E-state index in [4.69, 9.17) is 5.41 Å². The van der Waals surface area contributed by atoms with Crippen LogP contribution in [0.15, 0.2) is 102 Å². The van der Waals surface area contributed by atoms with Crippen molar-refractivity contribution in [1.82, 2.24) is 10.3 Å². The van der Waals surface area contributed by atoms with Crippen LogP contribution in [-0.2, 0) is 0 Å². The lowest BCUT2D eigenvalue weighted by molar-refractivity contribution is 0.701. The summed E-state index contributed by atoms with van der Waals surface area (Å²) in [4.78, 5) is 8.18. The Kier molecular flexibility index (Phi) is 6.47. The van der Waals surface area contributed by atoms with Crippen LogP contribution in [0.4, 0.5) is 0 Å². The van der Waals surface area contributed by atoms with Gasteiger partial charge in [-0.15, -0.1) is 0 Å². The van der Waals surface area contributed by atoms with Gasteiger partial charge in [-0.1, -0.05) is 37.0 Å². The fourth-order valence-electron chi connectivity index (χ4n) is 3.10. The number of aliphatic imine (C=N–C) groups is 1. The number of allylic oxidation sites excluding steroid dienone is 8. The average Bonchev–Trinajstić information content (AvgIpc) is 2.75. The van der Waals surface area contributed by atoms with Gasteiger partial charge in [-0.3, -0.25) is 9.98 Å². The molecule has 136 valence electrons. The van der Waals surface area contributed by atoms with E-state index in [0.717, 1.165) is 29.7 Å². The van der Waals surface area contributed by atoms with Gasteiger partial charge in [-0.2, -0.15) is 0 Å². The second kappa shape index (κ2) is 9.43. The van der Waals surface area contributed by atoms with Gasteiger partial charge < -0.3 is 10.7 Å². The van der Waals surface area contributed by atoms with Crippen LogP contribution in [0, 0.1) is 5.41 Å². The summed E-state index contributed by atoms with van der Waals surface area (Å²) in [5.41, 5.74) is 4.04. The third-order valence-electron chi connectivity index (χ3n) is 4.56. The van der Waals surface area contributed by atoms with Crippen LogP contribution < -0.4 is 5.32 Å². The lowest BCUT2D eigenvalue weighted by Crippen LogP contribution is -2.28. The topological polar surface area (TPSA) is 61.1 Å². The molecule has 1 aromatic rings. The fourth-order valence-corrected chi connectivity index (χ4v) is 3.10. The van der Waals surface area contributed by atoms with Crippen LogP contribution in [-0.4, -0.2) is 23.5 Å². The van der Waals surface area contributed by atoms with Gasteiger partial charge in [-0.25, -0.2) is 0 Å². The van der Waals surface area contributed by atoms with E-state index in [0.29, 0.717) is 5.92 Å². The normalized spacial score (nSPS) is 22.3. The van der Waals surface area contributed by atoms with E-state index in [-0.39, 0.29) is 6.04 Å². The fraction of sp³-hybridized carbons (Fsp3) is 0.174. The largest absolute Gasteiger partial charge is 0.378 e. The Morgan fingerprint density at radius 1 is 1.26 bits per heavy atom. The molecule has 0 radical (unpaired) electrons. The van der Waals surface area contributed by atoms with Gasteiger partial charge in [0.15, 0.2) is 0 Å². The molecular formula is C23H24N4. The predicted molar refractivity (Wildman–Crippen MR) is 113 cm³/mol. The first-order chi connectivity index (χ1) is 13.3. The minimum absolute atomic E-state index is 0.170. The standard InChI is InChI=1S/C23H24N4/c1-2-23(27-22-10-14-26-15-11-22)21(17-24)7-6-18-4-3-5-20(16-18)19-8-12-25-13-9-19/h2-4,6-10,12-17,20,22,24,27H,1,5,11H2/b7-6+,23-21-,24-17?/t20?,22-/m0/s1. The SMILES string of the molecule is C=C/C(N[C@H]1C=CN=CC1)=C(C=N)\C=C\C1=CC(c2ccncc2)CC=C1. The molecule has 0 bridgehead atoms. The highest BCUT2D eigenvalue weighted by atomic mass is 14.9. The highest BCUT2D eigenvalue weighted by Gasteiger charge is 2.11. The molecule has 1 aromatic heterocycles. The molecular weight excluding hydrogens is 332 g/mol. The number of aromatic nitrogens is 1. The second-order valence-electron chi connectivity index (χ2n) is 6.40. The van der Waals surface area contributed by atoms with Crippen molar-refractivity contribution < 1.29 is 0 Å². The van der Waals surface area contributed by atoms with E-state index in [1.54, 1.807) is 12.3 Å². The van der Waals surface area contributed by atoms with E-state index in [2.05, 4.69) is 52.2 Å².